The minimum atomic E-state index is -0.548. The number of hydroxylamine groups is 1. The molecule has 96 valence electrons. The zero-order chi connectivity index (χ0) is 12.5. The second kappa shape index (κ2) is 8.20. The van der Waals surface area contributed by atoms with E-state index in [-0.39, 0.29) is 6.10 Å². The van der Waals surface area contributed by atoms with Crippen molar-refractivity contribution in [3.63, 3.8) is 0 Å². The summed E-state index contributed by atoms with van der Waals surface area (Å²) in [5.74, 6) is 0. The molecule has 1 atom stereocenters. The van der Waals surface area contributed by atoms with Crippen molar-refractivity contribution < 1.29 is 14.7 Å². The fourth-order valence-electron chi connectivity index (χ4n) is 1.23. The number of rotatable bonds is 8. The van der Waals surface area contributed by atoms with Crippen LogP contribution in [0.3, 0.4) is 0 Å². The molecule has 0 spiro atoms. The van der Waals surface area contributed by atoms with Gasteiger partial charge in [0.15, 0.2) is 0 Å². The van der Waals surface area contributed by atoms with Crippen LogP contribution in [0.1, 0.15) is 19.4 Å². The summed E-state index contributed by atoms with van der Waals surface area (Å²) >= 11 is 0. The molecule has 0 saturated heterocycles. The van der Waals surface area contributed by atoms with Gasteiger partial charge in [-0.25, -0.2) is 0 Å². The van der Waals surface area contributed by atoms with Crippen LogP contribution in [-0.4, -0.2) is 30.5 Å². The fourth-order valence-corrected chi connectivity index (χ4v) is 1.23. The minimum Gasteiger partial charge on any atom is -0.389 e. The van der Waals surface area contributed by atoms with Crippen molar-refractivity contribution in [2.45, 2.75) is 32.7 Å². The number of aliphatic hydroxyl groups excluding tert-OH is 1. The Morgan fingerprint density at radius 1 is 1.24 bits per heavy atom. The van der Waals surface area contributed by atoms with Crippen molar-refractivity contribution in [1.82, 2.24) is 5.48 Å². The smallest absolute Gasteiger partial charge is 0.0933 e. The zero-order valence-electron chi connectivity index (χ0n) is 10.4. The molecular formula is C13H21NO3. The first kappa shape index (κ1) is 14.1. The fraction of sp³-hybridized carbons (Fsp3) is 0.538. The molecule has 0 aromatic heterocycles. The number of ether oxygens (including phenoxy) is 1. The van der Waals surface area contributed by atoms with Gasteiger partial charge in [-0.05, 0) is 19.4 Å². The predicted octanol–water partition coefficient (Wildman–Crippen LogP) is 1.49. The average molecular weight is 239 g/mol. The van der Waals surface area contributed by atoms with Crippen molar-refractivity contribution in [1.29, 1.82) is 0 Å². The number of benzene rings is 1. The Labute approximate surface area is 103 Å². The molecule has 0 aliphatic rings. The Balaban J connectivity index is 2.04. The first-order valence-electron chi connectivity index (χ1n) is 5.86. The minimum absolute atomic E-state index is 0.134. The molecule has 0 aliphatic heterocycles. The predicted molar refractivity (Wildman–Crippen MR) is 66.3 cm³/mol. The molecule has 0 bridgehead atoms. The maximum Gasteiger partial charge on any atom is 0.0933 e. The number of hydrogen-bond acceptors (Lipinski definition) is 4. The molecule has 1 aromatic rings. The molecule has 4 nitrogen and oxygen atoms in total. The molecule has 1 rings (SSSR count). The van der Waals surface area contributed by atoms with Gasteiger partial charge in [0.05, 0.1) is 25.4 Å². The van der Waals surface area contributed by atoms with Crippen LogP contribution in [0.15, 0.2) is 30.3 Å². The van der Waals surface area contributed by atoms with Gasteiger partial charge in [0.1, 0.15) is 0 Å². The molecule has 2 N–H and O–H groups in total. The molecule has 4 heteroatoms. The van der Waals surface area contributed by atoms with Crippen molar-refractivity contribution in [2.24, 2.45) is 0 Å². The number of aliphatic hydroxyl groups is 1. The lowest BCUT2D eigenvalue weighted by atomic mass is 10.2. The summed E-state index contributed by atoms with van der Waals surface area (Å²) in [6.07, 6.45) is -0.414. The first-order valence-corrected chi connectivity index (χ1v) is 5.86. The second-order valence-electron chi connectivity index (χ2n) is 4.16. The third-order valence-corrected chi connectivity index (χ3v) is 2.12. The molecule has 0 saturated carbocycles. The van der Waals surface area contributed by atoms with Crippen LogP contribution < -0.4 is 5.48 Å². The number of hydrogen-bond donors (Lipinski definition) is 2. The Morgan fingerprint density at radius 2 is 1.94 bits per heavy atom. The van der Waals surface area contributed by atoms with Gasteiger partial charge in [-0.2, -0.15) is 5.48 Å². The summed E-state index contributed by atoms with van der Waals surface area (Å²) in [4.78, 5) is 5.23. The van der Waals surface area contributed by atoms with Crippen LogP contribution >= 0.6 is 0 Å². The lowest BCUT2D eigenvalue weighted by molar-refractivity contribution is -0.0331. The molecule has 0 fully saturated rings. The van der Waals surface area contributed by atoms with E-state index < -0.39 is 6.10 Å². The summed E-state index contributed by atoms with van der Waals surface area (Å²) in [5.41, 5.74) is 3.82. The third-order valence-electron chi connectivity index (χ3n) is 2.12. The number of nitrogens with one attached hydrogen (secondary N) is 1. The molecule has 1 aromatic carbocycles. The van der Waals surface area contributed by atoms with Crippen LogP contribution in [0.5, 0.6) is 0 Å². The van der Waals surface area contributed by atoms with E-state index in [2.05, 4.69) is 5.48 Å². The lowest BCUT2D eigenvalue weighted by Gasteiger charge is -2.14. The Kier molecular flexibility index (Phi) is 6.81. The zero-order valence-corrected chi connectivity index (χ0v) is 10.4. The van der Waals surface area contributed by atoms with Crippen LogP contribution in [0.4, 0.5) is 0 Å². The highest BCUT2D eigenvalue weighted by molar-refractivity contribution is 5.13. The lowest BCUT2D eigenvalue weighted by Crippen LogP contribution is -2.31. The molecule has 17 heavy (non-hydrogen) atoms. The van der Waals surface area contributed by atoms with E-state index in [1.54, 1.807) is 0 Å². The van der Waals surface area contributed by atoms with Gasteiger partial charge in [0, 0.05) is 6.54 Å². The van der Waals surface area contributed by atoms with Crippen LogP contribution in [0.25, 0.3) is 0 Å². The Bertz CT molecular complexity index is 290. The van der Waals surface area contributed by atoms with Crippen LogP contribution in [-0.2, 0) is 16.2 Å². The summed E-state index contributed by atoms with van der Waals surface area (Å²) in [6, 6.07) is 9.86. The van der Waals surface area contributed by atoms with Crippen molar-refractivity contribution in [3.05, 3.63) is 35.9 Å². The van der Waals surface area contributed by atoms with Crippen molar-refractivity contribution in [3.8, 4) is 0 Å². The van der Waals surface area contributed by atoms with E-state index >= 15 is 0 Å². The van der Waals surface area contributed by atoms with Gasteiger partial charge >= 0.3 is 0 Å². The molecular weight excluding hydrogens is 218 g/mol. The maximum absolute atomic E-state index is 9.53. The van der Waals surface area contributed by atoms with Crippen LogP contribution in [0, 0.1) is 0 Å². The van der Waals surface area contributed by atoms with E-state index in [0.717, 1.165) is 5.56 Å². The quantitative estimate of drug-likeness (QED) is 0.533. The van der Waals surface area contributed by atoms with E-state index in [9.17, 15) is 5.11 Å². The SMILES string of the molecule is CC(C)OCC(O)CNOCc1ccccc1. The van der Waals surface area contributed by atoms with E-state index in [1.165, 1.54) is 0 Å². The van der Waals surface area contributed by atoms with Gasteiger partial charge in [-0.1, -0.05) is 30.3 Å². The summed E-state index contributed by atoms with van der Waals surface area (Å²) in [5, 5.41) is 9.53. The molecule has 0 radical (unpaired) electrons. The average Bonchev–Trinajstić information content (AvgIpc) is 2.33. The van der Waals surface area contributed by atoms with Crippen molar-refractivity contribution >= 4 is 0 Å². The first-order chi connectivity index (χ1) is 8.18. The highest BCUT2D eigenvalue weighted by Gasteiger charge is 2.05. The highest BCUT2D eigenvalue weighted by atomic mass is 16.6. The molecule has 0 aliphatic carbocycles. The molecule has 1 unspecified atom stereocenters. The van der Waals surface area contributed by atoms with Gasteiger partial charge < -0.3 is 9.84 Å². The van der Waals surface area contributed by atoms with E-state index in [1.807, 2.05) is 44.2 Å². The standard InChI is InChI=1S/C13H21NO3/c1-11(2)16-10-13(15)8-14-17-9-12-6-4-3-5-7-12/h3-7,11,13-15H,8-10H2,1-2H3. The second-order valence-corrected chi connectivity index (χ2v) is 4.16. The van der Waals surface area contributed by atoms with Crippen LogP contribution in [0.2, 0.25) is 0 Å². The summed E-state index contributed by atoms with van der Waals surface area (Å²) in [6.45, 7) is 5.04. The van der Waals surface area contributed by atoms with Gasteiger partial charge in [0.2, 0.25) is 0 Å². The normalized spacial score (nSPS) is 12.9. The molecule has 0 heterocycles. The Morgan fingerprint density at radius 3 is 2.59 bits per heavy atom. The summed E-state index contributed by atoms with van der Waals surface area (Å²) in [7, 11) is 0. The van der Waals surface area contributed by atoms with Gasteiger partial charge in [0.25, 0.3) is 0 Å². The largest absolute Gasteiger partial charge is 0.389 e. The molecule has 0 amide bonds. The maximum atomic E-state index is 9.53. The Hall–Kier alpha value is -0.940. The highest BCUT2D eigenvalue weighted by Crippen LogP contribution is 1.99. The van der Waals surface area contributed by atoms with Gasteiger partial charge in [-0.15, -0.1) is 0 Å². The van der Waals surface area contributed by atoms with E-state index in [0.29, 0.717) is 19.8 Å². The van der Waals surface area contributed by atoms with E-state index in [4.69, 9.17) is 9.57 Å². The van der Waals surface area contributed by atoms with Gasteiger partial charge in [-0.3, -0.25) is 4.84 Å². The van der Waals surface area contributed by atoms with Crippen molar-refractivity contribution in [2.75, 3.05) is 13.2 Å². The third kappa shape index (κ3) is 7.07. The topological polar surface area (TPSA) is 50.7 Å². The monoisotopic (exact) mass is 239 g/mol. The summed E-state index contributed by atoms with van der Waals surface area (Å²) < 4.78 is 5.27.